The molecule has 0 amide bonds. The molecule has 2 heterocycles. The van der Waals surface area contributed by atoms with Crippen LogP contribution in [0.15, 0.2) is 48.8 Å². The van der Waals surface area contributed by atoms with Crippen LogP contribution in [-0.4, -0.2) is 20.1 Å². The minimum atomic E-state index is 0.213. The maximum atomic E-state index is 9.42. The maximum absolute atomic E-state index is 9.42. The number of aromatic hydroxyl groups is 1. The van der Waals surface area contributed by atoms with Gasteiger partial charge in [-0.3, -0.25) is 4.98 Å². The first kappa shape index (κ1) is 9.72. The molecule has 0 unspecified atom stereocenters. The predicted molar refractivity (Wildman–Crippen MR) is 64.4 cm³/mol. The summed E-state index contributed by atoms with van der Waals surface area (Å²) in [5, 5.41) is 9.42. The standard InChI is InChI=1S/C13H9N3O/c17-10-4-1-3-9(7-10)12-8-15-11-5-2-6-14-13(11)16-12/h1-8,17H. The molecule has 17 heavy (non-hydrogen) atoms. The molecule has 4 nitrogen and oxygen atoms in total. The largest absolute Gasteiger partial charge is 0.508 e. The van der Waals surface area contributed by atoms with Crippen molar-refractivity contribution in [3.63, 3.8) is 0 Å². The molecule has 82 valence electrons. The molecule has 0 radical (unpaired) electrons. The van der Waals surface area contributed by atoms with Gasteiger partial charge in [0.05, 0.1) is 11.9 Å². The van der Waals surface area contributed by atoms with E-state index in [1.165, 1.54) is 0 Å². The summed E-state index contributed by atoms with van der Waals surface area (Å²) >= 11 is 0. The number of phenolic OH excluding ortho intramolecular Hbond substituents is 1. The molecule has 1 N–H and O–H groups in total. The second kappa shape index (κ2) is 3.83. The van der Waals surface area contributed by atoms with Gasteiger partial charge in [-0.2, -0.15) is 0 Å². The van der Waals surface area contributed by atoms with Crippen LogP contribution in [0.4, 0.5) is 0 Å². The number of hydrogen-bond acceptors (Lipinski definition) is 4. The van der Waals surface area contributed by atoms with Crippen molar-refractivity contribution in [1.82, 2.24) is 15.0 Å². The highest BCUT2D eigenvalue weighted by molar-refractivity contribution is 5.73. The SMILES string of the molecule is Oc1cccc(-c2cnc3cccnc3n2)c1. The average Bonchev–Trinajstić information content (AvgIpc) is 2.38. The van der Waals surface area contributed by atoms with Crippen LogP contribution in [-0.2, 0) is 0 Å². The molecule has 3 rings (SSSR count). The average molecular weight is 223 g/mol. The molecule has 3 aromatic rings. The lowest BCUT2D eigenvalue weighted by Gasteiger charge is -2.02. The lowest BCUT2D eigenvalue weighted by molar-refractivity contribution is 0.475. The van der Waals surface area contributed by atoms with E-state index in [0.29, 0.717) is 11.3 Å². The first-order chi connectivity index (χ1) is 8.33. The number of hydrogen-bond donors (Lipinski definition) is 1. The fourth-order valence-corrected chi connectivity index (χ4v) is 1.65. The molecule has 0 aliphatic rings. The first-order valence-electron chi connectivity index (χ1n) is 5.20. The third-order valence-corrected chi connectivity index (χ3v) is 2.46. The quantitative estimate of drug-likeness (QED) is 0.688. The maximum Gasteiger partial charge on any atom is 0.178 e. The summed E-state index contributed by atoms with van der Waals surface area (Å²) in [7, 11) is 0. The van der Waals surface area contributed by atoms with E-state index < -0.39 is 0 Å². The molecule has 2 aromatic heterocycles. The number of rotatable bonds is 1. The molecule has 0 saturated heterocycles. The van der Waals surface area contributed by atoms with Gasteiger partial charge in [0.2, 0.25) is 0 Å². The van der Waals surface area contributed by atoms with E-state index in [-0.39, 0.29) is 5.75 Å². The highest BCUT2D eigenvalue weighted by Crippen LogP contribution is 2.21. The normalized spacial score (nSPS) is 10.6. The summed E-state index contributed by atoms with van der Waals surface area (Å²) in [5.41, 5.74) is 2.89. The van der Waals surface area contributed by atoms with Crippen LogP contribution in [0.1, 0.15) is 0 Å². The Labute approximate surface area is 97.6 Å². The highest BCUT2D eigenvalue weighted by atomic mass is 16.3. The van der Waals surface area contributed by atoms with Gasteiger partial charge in [0.15, 0.2) is 5.65 Å². The van der Waals surface area contributed by atoms with Gasteiger partial charge in [0.1, 0.15) is 11.3 Å². The van der Waals surface area contributed by atoms with E-state index in [4.69, 9.17) is 0 Å². The molecule has 0 saturated carbocycles. The zero-order valence-electron chi connectivity index (χ0n) is 8.91. The Bertz CT molecular complexity index is 682. The van der Waals surface area contributed by atoms with Crippen molar-refractivity contribution in [2.45, 2.75) is 0 Å². The molecule has 0 fully saturated rings. The fraction of sp³-hybridized carbons (Fsp3) is 0. The Morgan fingerprint density at radius 1 is 1.00 bits per heavy atom. The van der Waals surface area contributed by atoms with Crippen LogP contribution in [0.25, 0.3) is 22.4 Å². The minimum absolute atomic E-state index is 0.213. The van der Waals surface area contributed by atoms with Crippen molar-refractivity contribution in [2.24, 2.45) is 0 Å². The molecule has 0 bridgehead atoms. The van der Waals surface area contributed by atoms with Gasteiger partial charge in [0, 0.05) is 11.8 Å². The number of benzene rings is 1. The summed E-state index contributed by atoms with van der Waals surface area (Å²) in [6.45, 7) is 0. The van der Waals surface area contributed by atoms with Gasteiger partial charge >= 0.3 is 0 Å². The van der Waals surface area contributed by atoms with Gasteiger partial charge in [0.25, 0.3) is 0 Å². The predicted octanol–water partition coefficient (Wildman–Crippen LogP) is 2.40. The van der Waals surface area contributed by atoms with E-state index in [1.807, 2.05) is 18.2 Å². The number of nitrogens with zero attached hydrogens (tertiary/aromatic N) is 3. The Morgan fingerprint density at radius 2 is 1.94 bits per heavy atom. The summed E-state index contributed by atoms with van der Waals surface area (Å²) < 4.78 is 0. The van der Waals surface area contributed by atoms with Crippen LogP contribution < -0.4 is 0 Å². The minimum Gasteiger partial charge on any atom is -0.508 e. The van der Waals surface area contributed by atoms with Crippen molar-refractivity contribution in [3.8, 4) is 17.0 Å². The summed E-state index contributed by atoms with van der Waals surface area (Å²) in [5.74, 6) is 0.213. The third-order valence-electron chi connectivity index (χ3n) is 2.46. The number of fused-ring (bicyclic) bond motifs is 1. The van der Waals surface area contributed by atoms with Crippen molar-refractivity contribution < 1.29 is 5.11 Å². The van der Waals surface area contributed by atoms with Gasteiger partial charge in [-0.05, 0) is 24.3 Å². The second-order valence-electron chi connectivity index (χ2n) is 3.65. The van der Waals surface area contributed by atoms with Gasteiger partial charge in [-0.1, -0.05) is 12.1 Å². The van der Waals surface area contributed by atoms with Gasteiger partial charge in [-0.25, -0.2) is 9.97 Å². The number of phenols is 1. The molecule has 0 atom stereocenters. The Hall–Kier alpha value is -2.49. The molecule has 0 aliphatic carbocycles. The third kappa shape index (κ3) is 1.80. The molecule has 1 aromatic carbocycles. The topological polar surface area (TPSA) is 58.9 Å². The van der Waals surface area contributed by atoms with Gasteiger partial charge < -0.3 is 5.11 Å². The lowest BCUT2D eigenvalue weighted by atomic mass is 10.1. The monoisotopic (exact) mass is 223 g/mol. The van der Waals surface area contributed by atoms with Crippen LogP contribution in [0.2, 0.25) is 0 Å². The van der Waals surface area contributed by atoms with Crippen LogP contribution in [0, 0.1) is 0 Å². The highest BCUT2D eigenvalue weighted by Gasteiger charge is 2.03. The summed E-state index contributed by atoms with van der Waals surface area (Å²) in [4.78, 5) is 12.8. The summed E-state index contributed by atoms with van der Waals surface area (Å²) in [6, 6.07) is 10.6. The molecule has 4 heteroatoms. The molecule has 0 spiro atoms. The number of pyridine rings is 1. The van der Waals surface area contributed by atoms with Crippen LogP contribution in [0.3, 0.4) is 0 Å². The lowest BCUT2D eigenvalue weighted by Crippen LogP contribution is -1.90. The molecular weight excluding hydrogens is 214 g/mol. The van der Waals surface area contributed by atoms with Gasteiger partial charge in [-0.15, -0.1) is 0 Å². The number of aromatic nitrogens is 3. The van der Waals surface area contributed by atoms with Crippen LogP contribution >= 0.6 is 0 Å². The zero-order chi connectivity index (χ0) is 11.7. The van der Waals surface area contributed by atoms with E-state index in [2.05, 4.69) is 15.0 Å². The van der Waals surface area contributed by atoms with Crippen molar-refractivity contribution >= 4 is 11.2 Å². The Balaban J connectivity index is 2.18. The van der Waals surface area contributed by atoms with Crippen molar-refractivity contribution in [2.75, 3.05) is 0 Å². The first-order valence-corrected chi connectivity index (χ1v) is 5.20. The van der Waals surface area contributed by atoms with E-state index >= 15 is 0 Å². The Kier molecular flexibility index (Phi) is 2.19. The van der Waals surface area contributed by atoms with E-state index in [1.54, 1.807) is 30.6 Å². The van der Waals surface area contributed by atoms with Crippen molar-refractivity contribution in [1.29, 1.82) is 0 Å². The van der Waals surface area contributed by atoms with E-state index in [9.17, 15) is 5.11 Å². The van der Waals surface area contributed by atoms with E-state index in [0.717, 1.165) is 11.1 Å². The zero-order valence-corrected chi connectivity index (χ0v) is 8.91. The smallest absolute Gasteiger partial charge is 0.178 e. The fourth-order valence-electron chi connectivity index (χ4n) is 1.65. The van der Waals surface area contributed by atoms with Crippen LogP contribution in [0.5, 0.6) is 5.75 Å². The van der Waals surface area contributed by atoms with Crippen molar-refractivity contribution in [3.05, 3.63) is 48.8 Å². The second-order valence-corrected chi connectivity index (χ2v) is 3.65. The molecule has 0 aliphatic heterocycles. The Morgan fingerprint density at radius 3 is 2.82 bits per heavy atom. The molecular formula is C13H9N3O. The summed E-state index contributed by atoms with van der Waals surface area (Å²) in [6.07, 6.45) is 3.36.